The summed E-state index contributed by atoms with van der Waals surface area (Å²) in [6.45, 7) is 3.40. The highest BCUT2D eigenvalue weighted by atomic mass is 127. The van der Waals surface area contributed by atoms with Gasteiger partial charge in [-0.1, -0.05) is 76.9 Å². The lowest BCUT2D eigenvalue weighted by molar-refractivity contribution is -0.193. The van der Waals surface area contributed by atoms with E-state index >= 15 is 0 Å². The number of halogens is 8. The molecule has 0 bridgehead atoms. The second kappa shape index (κ2) is 35.0. The van der Waals surface area contributed by atoms with Crippen molar-refractivity contribution in [3.05, 3.63) is 221 Å². The van der Waals surface area contributed by atoms with Crippen LogP contribution in [0.25, 0.3) is 66.8 Å². The topological polar surface area (TPSA) is 340 Å². The van der Waals surface area contributed by atoms with Crippen LogP contribution >= 0.6 is 181 Å². The lowest BCUT2D eigenvalue weighted by Gasteiger charge is -2.38. The average Bonchev–Trinajstić information content (AvgIpc) is 1.43. The molecule has 0 amide bonds. The van der Waals surface area contributed by atoms with E-state index in [1.807, 2.05) is 128 Å². The number of ether oxygens (including phenoxy) is 3. The lowest BCUT2D eigenvalue weighted by Crippen LogP contribution is -2.34. The van der Waals surface area contributed by atoms with Gasteiger partial charge >= 0.3 is 42.3 Å². The molecule has 1 atom stereocenters. The minimum Gasteiger partial charge on any atom is -0.508 e. The number of phenols is 2. The second-order valence-electron chi connectivity index (χ2n) is 19.4. The zero-order valence-electron chi connectivity index (χ0n) is 47.5. The molecule has 4 aliphatic heterocycles. The normalized spacial score (nSPS) is 12.2. The van der Waals surface area contributed by atoms with Gasteiger partial charge in [0.2, 0.25) is 5.43 Å². The van der Waals surface area contributed by atoms with Crippen LogP contribution in [0.4, 0.5) is 0 Å². The van der Waals surface area contributed by atoms with Gasteiger partial charge in [0.25, 0.3) is 0 Å². The van der Waals surface area contributed by atoms with E-state index in [4.69, 9.17) is 51.8 Å². The maximum Gasteiger partial charge on any atom is 0.373 e. The Morgan fingerprint density at radius 3 is 1.59 bits per heavy atom. The number of fused-ring (bicyclic) bond motifs is 10. The summed E-state index contributed by atoms with van der Waals surface area (Å²) in [7, 11) is 0. The summed E-state index contributed by atoms with van der Waals surface area (Å²) in [5.41, 5.74) is 7.08. The van der Waals surface area contributed by atoms with E-state index in [0.717, 1.165) is 27.4 Å². The second-order valence-corrected chi connectivity index (χ2v) is 28.3. The molecule has 4 heterocycles. The molecular weight excluding hydrogens is 2180 g/mol. The molecule has 21 nitrogen and oxygen atoms in total. The first-order chi connectivity index (χ1) is 45.2. The van der Waals surface area contributed by atoms with Crippen LogP contribution in [0.2, 0.25) is 0 Å². The molecule has 98 heavy (non-hydrogen) atoms. The SMILES string of the molecule is C.C.C.CC(=O)Oc1c(I)cc2c(c1I)Oc1c(cc(I)c(C)c1I)C21OC(=O)c2ccccc21.O=C(O)c1ccccc1-c1c2cc(I)c(=O)c(I)c-2oc2c(I)c(O)c(I)cc12.O=C(O)c1ccccc1-c1c2ccc(=O)cc-2oc2cc(O)ccc12.O=C=O.O=C=O.O=C=O. The Morgan fingerprint density at radius 1 is 0.510 bits per heavy atom. The highest BCUT2D eigenvalue weighted by molar-refractivity contribution is 14.1. The fourth-order valence-corrected chi connectivity index (χ4v) is 17.7. The van der Waals surface area contributed by atoms with Crippen molar-refractivity contribution in [2.75, 3.05) is 0 Å². The summed E-state index contributed by atoms with van der Waals surface area (Å²) in [6.07, 6.45) is 0.750. The van der Waals surface area contributed by atoms with E-state index in [1.165, 1.54) is 37.3 Å². The summed E-state index contributed by atoms with van der Waals surface area (Å²) < 4.78 is 35.5. The Hall–Kier alpha value is -6.82. The highest BCUT2D eigenvalue weighted by Gasteiger charge is 2.55. The number of carbonyl (C=O) groups is 4. The average molecular weight is 2220 g/mol. The van der Waals surface area contributed by atoms with Gasteiger partial charge in [0.15, 0.2) is 33.9 Å². The number of esters is 2. The number of carboxylic acids is 2. The van der Waals surface area contributed by atoms with Gasteiger partial charge in [0.05, 0.1) is 40.1 Å². The molecule has 0 saturated carbocycles. The van der Waals surface area contributed by atoms with Crippen molar-refractivity contribution < 1.29 is 91.4 Å². The third kappa shape index (κ3) is 16.2. The van der Waals surface area contributed by atoms with Gasteiger partial charge in [0, 0.05) is 66.8 Å². The summed E-state index contributed by atoms with van der Waals surface area (Å²) in [5, 5.41) is 40.8. The molecule has 13 rings (SSSR count). The van der Waals surface area contributed by atoms with Gasteiger partial charge in [-0.15, -0.1) is 0 Å². The molecule has 4 N–H and O–H groups in total. The molecule has 7 aromatic carbocycles. The van der Waals surface area contributed by atoms with Gasteiger partial charge in [-0.25, -0.2) is 14.4 Å². The number of hydrogen-bond acceptors (Lipinski definition) is 19. The Labute approximate surface area is 664 Å². The quantitative estimate of drug-likeness (QED) is 0.0538. The fraction of sp³-hybridized carbons (Fsp3) is 0.0870. The first kappa shape index (κ1) is 81.9. The number of aromatic hydroxyl groups is 2. The predicted octanol–water partition coefficient (Wildman–Crippen LogP) is 17.4. The summed E-state index contributed by atoms with van der Waals surface area (Å²) in [5.74, 6) is -0.459. The lowest BCUT2D eigenvalue weighted by atomic mass is 9.77. The maximum atomic E-state index is 13.0. The third-order valence-corrected chi connectivity index (χ3v) is 21.9. The number of carboxylic acid groups (broad SMARTS) is 2. The van der Waals surface area contributed by atoms with Crippen molar-refractivity contribution in [1.29, 1.82) is 0 Å². The van der Waals surface area contributed by atoms with Crippen LogP contribution < -0.4 is 20.3 Å². The van der Waals surface area contributed by atoms with Gasteiger partial charge < -0.3 is 43.5 Å². The minimum absolute atomic E-state index is 0. The molecule has 502 valence electrons. The Balaban J connectivity index is 0.000000248. The fourth-order valence-electron chi connectivity index (χ4n) is 10.3. The molecule has 0 radical (unpaired) electrons. The van der Waals surface area contributed by atoms with Gasteiger partial charge in [-0.2, -0.15) is 28.8 Å². The minimum atomic E-state index is -1.15. The molecular formula is C69H44I8O21. The number of carbonyl (C=O) groups excluding carboxylic acids is 8. The standard InChI is InChI=1S/C23H12I4O5.C20H8I4O5.C20H12O5.3CO2.3CH4/c1-9-15(24)7-13-19(17(9)26)31-20-14(8-16(25)21(18(20)27)30-10(2)28)23(13)12-6-4-3-5-11(12)22(29)32-23;21-11-5-9-13(7-3-1-2-4-8(7)20(27)28)10-6-12(22)17(26)15(24)19(10)29-18(9)14(23)16(11)25;21-11-5-7-15-17(9-11)25-18-10-12(22)6-8-16(18)19(15)13-3-1-2-4-14(13)20(23)24;3*2-1-3;;;/h3-8H,1-2H3;1-6,25H,(H,27,28);1-10,21H,(H,23,24);;;;3*1H4. The van der Waals surface area contributed by atoms with E-state index in [1.54, 1.807) is 72.8 Å². The summed E-state index contributed by atoms with van der Waals surface area (Å²) in [4.78, 5) is 121. The smallest absolute Gasteiger partial charge is 0.373 e. The Morgan fingerprint density at radius 2 is 1.03 bits per heavy atom. The van der Waals surface area contributed by atoms with Crippen LogP contribution in [-0.2, 0) is 43.9 Å². The molecule has 1 spiro atoms. The Kier molecular flexibility index (Phi) is 29.2. The van der Waals surface area contributed by atoms with Crippen molar-refractivity contribution in [1.82, 2.24) is 0 Å². The summed E-state index contributed by atoms with van der Waals surface area (Å²) in [6, 6.07) is 37.3. The predicted molar refractivity (Wildman–Crippen MR) is 424 cm³/mol. The molecule has 7 aromatic rings. The van der Waals surface area contributed by atoms with Crippen LogP contribution in [0.5, 0.6) is 28.7 Å². The molecule has 2 aliphatic carbocycles. The van der Waals surface area contributed by atoms with Crippen molar-refractivity contribution in [3.8, 4) is 73.6 Å². The zero-order chi connectivity index (χ0) is 69.7. The highest BCUT2D eigenvalue weighted by Crippen LogP contribution is 2.60. The van der Waals surface area contributed by atoms with Crippen LogP contribution in [0.3, 0.4) is 0 Å². The largest absolute Gasteiger partial charge is 0.508 e. The number of hydrogen-bond donors (Lipinski definition) is 4. The maximum absolute atomic E-state index is 13.0. The Bertz CT molecular complexity index is 5150. The molecule has 6 aliphatic rings. The van der Waals surface area contributed by atoms with E-state index in [9.17, 15) is 49.2 Å². The van der Waals surface area contributed by atoms with Crippen LogP contribution in [0, 0.1) is 35.5 Å². The van der Waals surface area contributed by atoms with Gasteiger partial charge in [-0.3, -0.25) is 14.4 Å². The van der Waals surface area contributed by atoms with E-state index in [2.05, 4.69) is 90.4 Å². The number of rotatable bonds is 5. The first-order valence-electron chi connectivity index (χ1n) is 26.2. The van der Waals surface area contributed by atoms with Gasteiger partial charge in [-0.05, 0) is 271 Å². The molecule has 0 aromatic heterocycles. The summed E-state index contributed by atoms with van der Waals surface area (Å²) >= 11 is 16.8. The van der Waals surface area contributed by atoms with Crippen molar-refractivity contribution in [2.24, 2.45) is 0 Å². The van der Waals surface area contributed by atoms with Crippen LogP contribution in [0.1, 0.15) is 82.5 Å². The zero-order valence-corrected chi connectivity index (χ0v) is 64.7. The van der Waals surface area contributed by atoms with Crippen molar-refractivity contribution in [2.45, 2.75) is 41.7 Å². The van der Waals surface area contributed by atoms with Crippen LogP contribution in [0.15, 0.2) is 152 Å². The van der Waals surface area contributed by atoms with Gasteiger partial charge in [0.1, 0.15) is 35.7 Å². The number of phenolic OH excluding ortho intramolecular Hbond substituents is 2. The number of benzene rings is 9. The van der Waals surface area contributed by atoms with Crippen molar-refractivity contribution in [3.63, 3.8) is 0 Å². The molecule has 0 saturated heterocycles. The third-order valence-electron chi connectivity index (χ3n) is 14.1. The number of aromatic carboxylic acids is 2. The molecule has 1 unspecified atom stereocenters. The van der Waals surface area contributed by atoms with E-state index in [-0.39, 0.29) is 80.2 Å². The van der Waals surface area contributed by atoms with Crippen LogP contribution in [-0.4, -0.2) is 62.8 Å². The van der Waals surface area contributed by atoms with E-state index < -0.39 is 23.5 Å². The monoisotopic (exact) mass is 2220 g/mol. The molecule has 29 heteroatoms. The van der Waals surface area contributed by atoms with E-state index in [0.29, 0.717) is 113 Å². The molecule has 0 fully saturated rings. The van der Waals surface area contributed by atoms with Crippen molar-refractivity contribution >= 4 is 245 Å². The first-order valence-corrected chi connectivity index (χ1v) is 34.8.